The second-order valence-corrected chi connectivity index (χ2v) is 7.38. The van der Waals surface area contributed by atoms with E-state index >= 15 is 0 Å². The molecule has 22 heavy (non-hydrogen) atoms. The smallest absolute Gasteiger partial charge is 0.441 e. The maximum atomic E-state index is 2.56. The molecule has 0 fully saturated rings. The molecule has 0 amide bonds. The standard InChI is InChI=1S/C18H22B2N.K/c1-20(2,3)15-21-18-12-8-7-9-16(18)13-14-19(21)17-10-5-4-6-11-17;/h4-14H,15H2,1-3H3;/q-1;+1. The third-order valence-corrected chi connectivity index (χ3v) is 3.93. The van der Waals surface area contributed by atoms with E-state index in [1.165, 1.54) is 16.7 Å². The summed E-state index contributed by atoms with van der Waals surface area (Å²) in [6.07, 6.45) is 2.96. The van der Waals surface area contributed by atoms with Crippen LogP contribution >= 0.6 is 0 Å². The van der Waals surface area contributed by atoms with Gasteiger partial charge in [0.2, 0.25) is 0 Å². The van der Waals surface area contributed by atoms with Crippen LogP contribution in [0.1, 0.15) is 5.56 Å². The van der Waals surface area contributed by atoms with Crippen molar-refractivity contribution in [2.75, 3.05) is 11.3 Å². The van der Waals surface area contributed by atoms with Crippen LogP contribution in [-0.4, -0.2) is 19.4 Å². The van der Waals surface area contributed by atoms with Crippen LogP contribution in [0, 0.1) is 0 Å². The van der Waals surface area contributed by atoms with Gasteiger partial charge in [-0.25, -0.2) is 0 Å². The maximum absolute atomic E-state index is 2.56. The second kappa shape index (κ2) is 7.54. The summed E-state index contributed by atoms with van der Waals surface area (Å²) in [5.74, 6) is 2.33. The Morgan fingerprint density at radius 1 is 0.909 bits per heavy atom. The Hall–Kier alpha value is -0.254. The predicted molar refractivity (Wildman–Crippen MR) is 98.0 cm³/mol. The second-order valence-electron chi connectivity index (χ2n) is 7.38. The van der Waals surface area contributed by atoms with Gasteiger partial charge in [-0.1, -0.05) is 66.0 Å². The van der Waals surface area contributed by atoms with E-state index in [0.29, 0.717) is 6.85 Å². The molecule has 0 saturated heterocycles. The summed E-state index contributed by atoms with van der Waals surface area (Å²) >= 11 is 0. The van der Waals surface area contributed by atoms with Gasteiger partial charge >= 0.3 is 58.2 Å². The first-order valence-electron chi connectivity index (χ1n) is 7.92. The normalized spacial score (nSPS) is 13.6. The molecule has 0 unspecified atom stereocenters. The molecular formula is C18H22B2KN. The van der Waals surface area contributed by atoms with Crippen LogP contribution in [0.15, 0.2) is 60.6 Å². The summed E-state index contributed by atoms with van der Waals surface area (Å²) in [4.78, 5) is 2.56. The van der Waals surface area contributed by atoms with E-state index in [4.69, 9.17) is 0 Å². The summed E-state index contributed by atoms with van der Waals surface area (Å²) in [7, 11) is 0. The fraction of sp³-hybridized carbons (Fsp3) is 0.222. The average Bonchev–Trinajstić information content (AvgIpc) is 2.47. The van der Waals surface area contributed by atoms with Gasteiger partial charge in [0, 0.05) is 11.8 Å². The number of benzene rings is 2. The number of nitrogens with zero attached hydrogens (tertiary/aromatic N) is 1. The summed E-state index contributed by atoms with van der Waals surface area (Å²) < 4.78 is 0. The maximum Gasteiger partial charge on any atom is 1.00 e. The molecule has 1 heterocycles. The van der Waals surface area contributed by atoms with Crippen molar-refractivity contribution in [2.24, 2.45) is 0 Å². The third kappa shape index (κ3) is 4.18. The number of hydrogen-bond acceptors (Lipinski definition) is 1. The minimum atomic E-state index is -0.398. The van der Waals surface area contributed by atoms with Crippen LogP contribution in [0.25, 0.3) is 6.08 Å². The van der Waals surface area contributed by atoms with Gasteiger partial charge in [-0.15, -0.1) is 6.44 Å². The van der Waals surface area contributed by atoms with Gasteiger partial charge < -0.3 is 4.81 Å². The van der Waals surface area contributed by atoms with Gasteiger partial charge in [-0.2, -0.15) is 20.5 Å². The number of fused-ring (bicyclic) bond motifs is 1. The Bertz CT molecular complexity index is 650. The number of hydrogen-bond donors (Lipinski definition) is 0. The summed E-state index contributed by atoms with van der Waals surface area (Å²) in [6, 6.07) is 19.5. The van der Waals surface area contributed by atoms with Crippen LogP contribution < -0.4 is 61.7 Å². The van der Waals surface area contributed by atoms with Crippen molar-refractivity contribution in [2.45, 2.75) is 20.5 Å². The third-order valence-electron chi connectivity index (χ3n) is 3.93. The first kappa shape index (κ1) is 18.1. The Balaban J connectivity index is 0.00000176. The largest absolute Gasteiger partial charge is 1.00 e. The minimum Gasteiger partial charge on any atom is -0.441 e. The van der Waals surface area contributed by atoms with E-state index in [0.717, 1.165) is 6.44 Å². The van der Waals surface area contributed by atoms with Crippen LogP contribution in [0.2, 0.25) is 20.5 Å². The molecule has 4 heteroatoms. The van der Waals surface area contributed by atoms with Crippen molar-refractivity contribution in [3.05, 3.63) is 66.1 Å². The molecule has 0 aliphatic carbocycles. The van der Waals surface area contributed by atoms with Crippen LogP contribution in [0.5, 0.6) is 0 Å². The Morgan fingerprint density at radius 2 is 1.55 bits per heavy atom. The van der Waals surface area contributed by atoms with Crippen LogP contribution in [0.4, 0.5) is 5.69 Å². The van der Waals surface area contributed by atoms with E-state index in [1.54, 1.807) is 0 Å². The zero-order valence-corrected chi connectivity index (χ0v) is 17.3. The Labute approximate surface area is 177 Å². The molecule has 0 aromatic heterocycles. The first-order valence-corrected chi connectivity index (χ1v) is 7.92. The average molecular weight is 313 g/mol. The van der Waals surface area contributed by atoms with Crippen molar-refractivity contribution in [1.29, 1.82) is 0 Å². The summed E-state index contributed by atoms with van der Waals surface area (Å²) in [6.45, 7) is 7.43. The molecule has 0 spiro atoms. The summed E-state index contributed by atoms with van der Waals surface area (Å²) in [5, 5.41) is 0. The molecule has 0 atom stereocenters. The van der Waals surface area contributed by atoms with E-state index < -0.39 is 6.15 Å². The van der Waals surface area contributed by atoms with Gasteiger partial charge in [0.1, 0.15) is 0 Å². The monoisotopic (exact) mass is 313 g/mol. The number of para-hydroxylation sites is 1. The number of anilines is 1. The Kier molecular flexibility index (Phi) is 6.20. The van der Waals surface area contributed by atoms with Crippen molar-refractivity contribution >= 4 is 30.2 Å². The SMILES string of the molecule is C[B-](C)(C)CN1B(c2ccccc2)C=Cc2ccccc21.[K+]. The van der Waals surface area contributed by atoms with Gasteiger partial charge in [0.05, 0.1) is 0 Å². The summed E-state index contributed by atoms with van der Waals surface area (Å²) in [5.41, 5.74) is 4.04. The number of rotatable bonds is 3. The molecule has 2 aromatic rings. The molecule has 106 valence electrons. The molecule has 2 aromatic carbocycles. The van der Waals surface area contributed by atoms with Crippen molar-refractivity contribution in [1.82, 2.24) is 0 Å². The van der Waals surface area contributed by atoms with E-state index in [2.05, 4.69) is 91.9 Å². The fourth-order valence-electron chi connectivity index (χ4n) is 3.08. The molecule has 0 bridgehead atoms. The molecule has 1 nitrogen and oxygen atoms in total. The van der Waals surface area contributed by atoms with Gasteiger partial charge in [-0.3, -0.25) is 0 Å². The molecule has 1 aliphatic heterocycles. The first-order chi connectivity index (χ1) is 10.0. The minimum absolute atomic E-state index is 0. The van der Waals surface area contributed by atoms with E-state index in [1.807, 2.05) is 0 Å². The molecular weight excluding hydrogens is 291 g/mol. The Morgan fingerprint density at radius 3 is 2.23 bits per heavy atom. The van der Waals surface area contributed by atoms with Crippen LogP contribution in [-0.2, 0) is 0 Å². The van der Waals surface area contributed by atoms with Crippen molar-refractivity contribution in [3.8, 4) is 0 Å². The van der Waals surface area contributed by atoms with E-state index in [9.17, 15) is 0 Å². The van der Waals surface area contributed by atoms with Gasteiger partial charge in [-0.05, 0) is 11.6 Å². The molecule has 1 aliphatic rings. The van der Waals surface area contributed by atoms with Crippen molar-refractivity contribution < 1.29 is 51.4 Å². The van der Waals surface area contributed by atoms with Crippen molar-refractivity contribution in [3.63, 3.8) is 0 Å². The predicted octanol–water partition coefficient (Wildman–Crippen LogP) is 0.839. The molecule has 0 N–H and O–H groups in total. The zero-order chi connectivity index (χ0) is 14.9. The molecule has 0 radical (unpaired) electrons. The van der Waals surface area contributed by atoms with E-state index in [-0.39, 0.29) is 51.4 Å². The molecule has 0 saturated carbocycles. The van der Waals surface area contributed by atoms with Gasteiger partial charge in [0.25, 0.3) is 0 Å². The quantitative estimate of drug-likeness (QED) is 0.759. The van der Waals surface area contributed by atoms with Crippen LogP contribution in [0.3, 0.4) is 0 Å². The fourth-order valence-corrected chi connectivity index (χ4v) is 3.08. The molecule has 3 rings (SSSR count). The van der Waals surface area contributed by atoms with Gasteiger partial charge in [0.15, 0.2) is 0 Å². The topological polar surface area (TPSA) is 3.24 Å². The zero-order valence-electron chi connectivity index (χ0n) is 14.2.